The van der Waals surface area contributed by atoms with Crippen molar-refractivity contribution in [3.63, 3.8) is 0 Å². The van der Waals surface area contributed by atoms with Gasteiger partial charge in [0.15, 0.2) is 0 Å². The van der Waals surface area contributed by atoms with Gasteiger partial charge in [-0.15, -0.1) is 5.10 Å². The first kappa shape index (κ1) is 19.5. The Bertz CT molecular complexity index is 992. The summed E-state index contributed by atoms with van der Waals surface area (Å²) in [5, 5.41) is 22.6. The summed E-state index contributed by atoms with van der Waals surface area (Å²) < 4.78 is 1.54. The lowest BCUT2D eigenvalue weighted by atomic mass is 9.92. The molecule has 0 radical (unpaired) electrons. The summed E-state index contributed by atoms with van der Waals surface area (Å²) in [6.45, 7) is 8.16. The van der Waals surface area contributed by atoms with E-state index in [1.165, 1.54) is 4.68 Å². The molecule has 1 heterocycles. The van der Waals surface area contributed by atoms with Crippen molar-refractivity contribution in [2.75, 3.05) is 0 Å². The quantitative estimate of drug-likeness (QED) is 0.506. The summed E-state index contributed by atoms with van der Waals surface area (Å²) in [7, 11) is 0. The zero-order valence-corrected chi connectivity index (χ0v) is 16.5. The average Bonchev–Trinajstić information content (AvgIpc) is 3.05. The van der Waals surface area contributed by atoms with Crippen LogP contribution >= 0.6 is 0 Å². The number of hydrazone groups is 1. The van der Waals surface area contributed by atoms with Crippen LogP contribution in [-0.4, -0.2) is 32.2 Å². The Balaban J connectivity index is 1.72. The fourth-order valence-corrected chi connectivity index (χ4v) is 3.04. The Morgan fingerprint density at radius 3 is 2.46 bits per heavy atom. The van der Waals surface area contributed by atoms with Gasteiger partial charge in [-0.05, 0) is 52.8 Å². The maximum absolute atomic E-state index is 12.2. The molecule has 0 fully saturated rings. The highest BCUT2D eigenvalue weighted by atomic mass is 16.3. The summed E-state index contributed by atoms with van der Waals surface area (Å²) >= 11 is 0. The number of rotatable bonds is 6. The van der Waals surface area contributed by atoms with Crippen molar-refractivity contribution >= 4 is 23.2 Å². The van der Waals surface area contributed by atoms with E-state index in [4.69, 9.17) is 0 Å². The number of benzene rings is 2. The van der Waals surface area contributed by atoms with E-state index < -0.39 is 0 Å². The highest BCUT2D eigenvalue weighted by Crippen LogP contribution is 2.34. The molecule has 0 aliphatic rings. The van der Waals surface area contributed by atoms with Crippen LogP contribution < -0.4 is 5.43 Å². The Morgan fingerprint density at radius 1 is 1.18 bits per heavy atom. The van der Waals surface area contributed by atoms with Gasteiger partial charge in [0.2, 0.25) is 0 Å². The summed E-state index contributed by atoms with van der Waals surface area (Å²) in [6, 6.07) is 11.3. The Hall–Kier alpha value is -3.22. The number of aromatic hydroxyl groups is 1. The third kappa shape index (κ3) is 4.19. The normalized spacial score (nSPS) is 11.8. The van der Waals surface area contributed by atoms with Crippen molar-refractivity contribution < 1.29 is 9.90 Å². The van der Waals surface area contributed by atoms with Crippen molar-refractivity contribution in [1.82, 2.24) is 20.4 Å². The van der Waals surface area contributed by atoms with Crippen LogP contribution in [-0.2, 0) is 11.3 Å². The van der Waals surface area contributed by atoms with E-state index in [9.17, 15) is 9.90 Å². The van der Waals surface area contributed by atoms with Crippen LogP contribution in [0.15, 0.2) is 41.5 Å². The van der Waals surface area contributed by atoms with Crippen LogP contribution in [0.5, 0.6) is 5.75 Å². The number of hydrogen-bond donors (Lipinski definition) is 2. The molecule has 0 aliphatic carbocycles. The van der Waals surface area contributed by atoms with E-state index >= 15 is 0 Å². The fourth-order valence-electron chi connectivity index (χ4n) is 3.04. The van der Waals surface area contributed by atoms with Crippen LogP contribution in [0.2, 0.25) is 0 Å². The van der Waals surface area contributed by atoms with Crippen molar-refractivity contribution in [2.45, 2.75) is 46.1 Å². The zero-order valence-electron chi connectivity index (χ0n) is 16.5. The highest BCUT2D eigenvalue weighted by molar-refractivity contribution is 5.84. The molecular formula is C21H25N5O2. The molecular weight excluding hydrogens is 354 g/mol. The van der Waals surface area contributed by atoms with Gasteiger partial charge in [0, 0.05) is 0 Å². The van der Waals surface area contributed by atoms with Gasteiger partial charge in [-0.2, -0.15) is 5.10 Å². The predicted molar refractivity (Wildman–Crippen MR) is 110 cm³/mol. The summed E-state index contributed by atoms with van der Waals surface area (Å²) in [4.78, 5) is 12.2. The molecule has 7 nitrogen and oxygen atoms in total. The molecule has 3 rings (SSSR count). The number of hydrogen-bond acceptors (Lipinski definition) is 5. The lowest BCUT2D eigenvalue weighted by molar-refractivity contribution is -0.121. The number of aromatic nitrogens is 3. The van der Waals surface area contributed by atoms with Crippen molar-refractivity contribution in [3.8, 4) is 5.75 Å². The van der Waals surface area contributed by atoms with Gasteiger partial charge < -0.3 is 5.11 Å². The minimum Gasteiger partial charge on any atom is -0.507 e. The number of carbonyl (C=O) groups is 1. The average molecular weight is 379 g/mol. The Morgan fingerprint density at radius 2 is 1.82 bits per heavy atom. The molecule has 0 unspecified atom stereocenters. The minimum absolute atomic E-state index is 0.0297. The number of para-hydroxylation sites is 1. The molecule has 0 aliphatic heterocycles. The van der Waals surface area contributed by atoms with Crippen LogP contribution in [0.4, 0.5) is 0 Å². The molecule has 0 saturated carbocycles. The first-order chi connectivity index (χ1) is 13.4. The first-order valence-electron chi connectivity index (χ1n) is 9.33. The molecule has 28 heavy (non-hydrogen) atoms. The molecule has 1 amide bonds. The number of phenols is 1. The summed E-state index contributed by atoms with van der Waals surface area (Å²) in [5.41, 5.74) is 6.63. The number of nitrogens with one attached hydrogen (secondary N) is 1. The summed E-state index contributed by atoms with van der Waals surface area (Å²) in [5.74, 6) is 0.408. The predicted octanol–water partition coefficient (Wildman–Crippen LogP) is 3.53. The lowest BCUT2D eigenvalue weighted by Crippen LogP contribution is -2.23. The molecule has 0 spiro atoms. The molecule has 3 aromatic rings. The second-order valence-corrected chi connectivity index (χ2v) is 7.39. The lowest BCUT2D eigenvalue weighted by Gasteiger charge is -2.16. The van der Waals surface area contributed by atoms with Gasteiger partial charge >= 0.3 is 0 Å². The maximum atomic E-state index is 12.2. The topological polar surface area (TPSA) is 92.4 Å². The van der Waals surface area contributed by atoms with Crippen LogP contribution in [0.1, 0.15) is 56.2 Å². The van der Waals surface area contributed by atoms with Gasteiger partial charge in [0.25, 0.3) is 5.91 Å². The molecule has 0 saturated heterocycles. The van der Waals surface area contributed by atoms with E-state index in [1.807, 2.05) is 64.1 Å². The largest absolute Gasteiger partial charge is 0.507 e. The molecule has 2 aromatic carbocycles. The Labute approximate surface area is 164 Å². The van der Waals surface area contributed by atoms with Gasteiger partial charge in [-0.3, -0.25) is 4.79 Å². The van der Waals surface area contributed by atoms with Crippen LogP contribution in [0, 0.1) is 0 Å². The SMILES string of the molecule is CC(C)c1cc(/C=N\NC(=O)Cn2nnc3ccccc32)cc(C(C)C)c1O. The van der Waals surface area contributed by atoms with E-state index in [0.29, 0.717) is 5.75 Å². The molecule has 146 valence electrons. The second-order valence-electron chi connectivity index (χ2n) is 7.39. The number of fused-ring (bicyclic) bond motifs is 1. The molecule has 7 heteroatoms. The van der Waals surface area contributed by atoms with Gasteiger partial charge in [0.1, 0.15) is 17.8 Å². The number of nitrogens with zero attached hydrogens (tertiary/aromatic N) is 4. The number of amides is 1. The molecule has 2 N–H and O–H groups in total. The second kappa shape index (κ2) is 8.21. The smallest absolute Gasteiger partial charge is 0.261 e. The zero-order chi connectivity index (χ0) is 20.3. The highest BCUT2D eigenvalue weighted by Gasteiger charge is 2.14. The fraction of sp³-hybridized carbons (Fsp3) is 0.333. The minimum atomic E-state index is -0.293. The van der Waals surface area contributed by atoms with E-state index in [-0.39, 0.29) is 24.3 Å². The van der Waals surface area contributed by atoms with Gasteiger partial charge in [-0.25, -0.2) is 10.1 Å². The third-order valence-corrected chi connectivity index (χ3v) is 4.55. The number of carbonyl (C=O) groups excluding carboxylic acids is 1. The first-order valence-corrected chi connectivity index (χ1v) is 9.33. The van der Waals surface area contributed by atoms with Crippen molar-refractivity contribution in [2.24, 2.45) is 5.10 Å². The third-order valence-electron chi connectivity index (χ3n) is 4.55. The van der Waals surface area contributed by atoms with Crippen LogP contribution in [0.25, 0.3) is 11.0 Å². The van der Waals surface area contributed by atoms with Crippen LogP contribution in [0.3, 0.4) is 0 Å². The summed E-state index contributed by atoms with van der Waals surface area (Å²) in [6.07, 6.45) is 1.59. The van der Waals surface area contributed by atoms with E-state index in [0.717, 1.165) is 27.7 Å². The van der Waals surface area contributed by atoms with Crippen molar-refractivity contribution in [3.05, 3.63) is 53.1 Å². The standard InChI is InChI=1S/C21H25N5O2/c1-13(2)16-9-15(10-17(14(3)4)21(16)28)11-22-24-20(27)12-26-19-8-6-5-7-18(19)23-25-26/h5-11,13-14,28H,12H2,1-4H3,(H,24,27)/b22-11-. The number of phenolic OH excluding ortho intramolecular Hbond substituents is 1. The van der Waals surface area contributed by atoms with E-state index in [1.54, 1.807) is 6.21 Å². The monoisotopic (exact) mass is 379 g/mol. The van der Waals surface area contributed by atoms with Gasteiger partial charge in [-0.1, -0.05) is 45.0 Å². The van der Waals surface area contributed by atoms with Gasteiger partial charge in [0.05, 0.1) is 11.7 Å². The molecule has 0 atom stereocenters. The van der Waals surface area contributed by atoms with E-state index in [2.05, 4.69) is 20.8 Å². The Kier molecular flexibility index (Phi) is 5.73. The maximum Gasteiger partial charge on any atom is 0.261 e. The molecule has 0 bridgehead atoms. The molecule has 1 aromatic heterocycles. The van der Waals surface area contributed by atoms with Crippen molar-refractivity contribution in [1.29, 1.82) is 0 Å².